The monoisotopic (exact) mass is 175 g/mol. The first-order valence-electron chi connectivity index (χ1n) is 3.38. The van der Waals surface area contributed by atoms with Crippen LogP contribution in [0.1, 0.15) is 6.92 Å². The number of hydrogen-bond acceptors (Lipinski definition) is 2. The van der Waals surface area contributed by atoms with Crippen molar-refractivity contribution in [2.24, 2.45) is 5.73 Å². The number of allylic oxidation sites excluding steroid dienone is 1. The van der Waals surface area contributed by atoms with Gasteiger partial charge in [0.2, 0.25) is 0 Å². The van der Waals surface area contributed by atoms with E-state index in [2.05, 4.69) is 6.58 Å². The molecule has 11 heavy (non-hydrogen) atoms. The van der Waals surface area contributed by atoms with Crippen molar-refractivity contribution in [2.75, 3.05) is 7.11 Å². The second-order valence-electron chi connectivity index (χ2n) is 2.18. The van der Waals surface area contributed by atoms with Gasteiger partial charge in [-0.15, -0.1) is 11.6 Å². The van der Waals surface area contributed by atoms with E-state index in [9.17, 15) is 0 Å². The quantitative estimate of drug-likeness (QED) is 0.401. The second kappa shape index (κ2) is 5.22. The van der Waals surface area contributed by atoms with Gasteiger partial charge < -0.3 is 10.5 Å². The molecule has 0 saturated heterocycles. The second-order valence-corrected chi connectivity index (χ2v) is 2.65. The normalized spacial score (nSPS) is 16.4. The number of methoxy groups -OCH3 is 1. The summed E-state index contributed by atoms with van der Waals surface area (Å²) < 4.78 is 4.84. The summed E-state index contributed by atoms with van der Waals surface area (Å²) in [7, 11) is 1.53. The van der Waals surface area contributed by atoms with E-state index in [1.54, 1.807) is 0 Å². The van der Waals surface area contributed by atoms with Gasteiger partial charge in [0.15, 0.2) is 0 Å². The van der Waals surface area contributed by atoms with Gasteiger partial charge in [0.25, 0.3) is 0 Å². The molecule has 2 N–H and O–H groups in total. The van der Waals surface area contributed by atoms with Gasteiger partial charge >= 0.3 is 0 Å². The van der Waals surface area contributed by atoms with E-state index in [4.69, 9.17) is 22.1 Å². The lowest BCUT2D eigenvalue weighted by molar-refractivity contribution is 0.278. The highest BCUT2D eigenvalue weighted by molar-refractivity contribution is 6.22. The summed E-state index contributed by atoms with van der Waals surface area (Å²) in [6.45, 7) is 5.50. The molecule has 64 valence electrons. The highest BCUT2D eigenvalue weighted by Crippen LogP contribution is 2.12. The van der Waals surface area contributed by atoms with Crippen molar-refractivity contribution in [1.82, 2.24) is 0 Å². The minimum absolute atomic E-state index is 0.228. The molecule has 0 radical (unpaired) electrons. The minimum atomic E-state index is -0.351. The van der Waals surface area contributed by atoms with Crippen molar-refractivity contribution in [2.45, 2.75) is 18.3 Å². The molecule has 0 amide bonds. The van der Waals surface area contributed by atoms with E-state index in [0.29, 0.717) is 5.76 Å². The number of nitrogens with two attached hydrogens (primary N) is 1. The van der Waals surface area contributed by atoms with Crippen LogP contribution in [0.5, 0.6) is 0 Å². The first kappa shape index (κ1) is 10.5. The first-order chi connectivity index (χ1) is 5.13. The van der Waals surface area contributed by atoms with Gasteiger partial charge in [-0.1, -0.05) is 18.7 Å². The first-order valence-corrected chi connectivity index (χ1v) is 3.82. The number of rotatable bonds is 4. The average Bonchev–Trinajstić information content (AvgIpc) is 2.02. The van der Waals surface area contributed by atoms with Gasteiger partial charge in [-0.25, -0.2) is 0 Å². The Bertz CT molecular complexity index is 156. The Balaban J connectivity index is 4.01. The van der Waals surface area contributed by atoms with Crippen molar-refractivity contribution in [1.29, 1.82) is 0 Å². The van der Waals surface area contributed by atoms with Crippen LogP contribution in [0.2, 0.25) is 0 Å². The lowest BCUT2D eigenvalue weighted by Crippen LogP contribution is -2.30. The summed E-state index contributed by atoms with van der Waals surface area (Å²) in [5.74, 6) is 0.497. The van der Waals surface area contributed by atoms with Crippen LogP contribution in [0.4, 0.5) is 0 Å². The van der Waals surface area contributed by atoms with Gasteiger partial charge in [-0.2, -0.15) is 0 Å². The predicted molar refractivity (Wildman–Crippen MR) is 48.6 cm³/mol. The fraction of sp³-hybridized carbons (Fsp3) is 0.500. The van der Waals surface area contributed by atoms with Gasteiger partial charge in [-0.3, -0.25) is 0 Å². The lowest BCUT2D eigenvalue weighted by Gasteiger charge is -2.15. The number of alkyl halides is 1. The molecular weight excluding hydrogens is 162 g/mol. The highest BCUT2D eigenvalue weighted by atomic mass is 35.5. The number of ether oxygens (including phenoxy) is 1. The van der Waals surface area contributed by atoms with E-state index >= 15 is 0 Å². The summed E-state index contributed by atoms with van der Waals surface area (Å²) >= 11 is 5.86. The number of hydrogen-bond donors (Lipinski definition) is 1. The minimum Gasteiger partial charge on any atom is -0.500 e. The van der Waals surface area contributed by atoms with Crippen LogP contribution in [0.3, 0.4) is 0 Å². The summed E-state index contributed by atoms with van der Waals surface area (Å²) in [5.41, 5.74) is 5.64. The molecule has 0 aromatic carbocycles. The molecule has 0 aliphatic heterocycles. The van der Waals surface area contributed by atoms with Gasteiger partial charge in [0.1, 0.15) is 11.1 Å². The largest absolute Gasteiger partial charge is 0.500 e. The standard InChI is InChI=1S/C8H14ClNO/c1-4-5-7(10)8(9)6(2)11-3/h4-5,7-8H,2,10H2,1,3H3/b5-4+. The van der Waals surface area contributed by atoms with Crippen LogP contribution in [0, 0.1) is 0 Å². The molecule has 0 rings (SSSR count). The van der Waals surface area contributed by atoms with Crippen molar-refractivity contribution < 1.29 is 4.74 Å². The molecule has 0 aliphatic carbocycles. The maximum absolute atomic E-state index is 5.86. The van der Waals surface area contributed by atoms with E-state index in [1.807, 2.05) is 19.1 Å². The molecule has 0 aromatic heterocycles. The Labute approximate surface area is 72.7 Å². The average molecular weight is 176 g/mol. The summed E-state index contributed by atoms with van der Waals surface area (Å²) in [4.78, 5) is 0. The van der Waals surface area contributed by atoms with E-state index in [0.717, 1.165) is 0 Å². The van der Waals surface area contributed by atoms with E-state index in [-0.39, 0.29) is 11.4 Å². The van der Waals surface area contributed by atoms with Crippen molar-refractivity contribution in [3.63, 3.8) is 0 Å². The van der Waals surface area contributed by atoms with Crippen molar-refractivity contribution >= 4 is 11.6 Å². The smallest absolute Gasteiger partial charge is 0.109 e. The fourth-order valence-corrected chi connectivity index (χ4v) is 0.820. The third-order valence-electron chi connectivity index (χ3n) is 1.32. The topological polar surface area (TPSA) is 35.2 Å². The third-order valence-corrected chi connectivity index (χ3v) is 1.86. The summed E-state index contributed by atoms with van der Waals surface area (Å²) in [5, 5.41) is -0.351. The van der Waals surface area contributed by atoms with E-state index < -0.39 is 0 Å². The van der Waals surface area contributed by atoms with Crippen LogP contribution in [-0.2, 0) is 4.74 Å². The summed E-state index contributed by atoms with van der Waals surface area (Å²) in [6.07, 6.45) is 3.66. The molecule has 2 nitrogen and oxygen atoms in total. The molecule has 0 heterocycles. The van der Waals surface area contributed by atoms with Gasteiger partial charge in [0.05, 0.1) is 7.11 Å². The Hall–Kier alpha value is -0.470. The van der Waals surface area contributed by atoms with E-state index in [1.165, 1.54) is 7.11 Å². The third kappa shape index (κ3) is 3.44. The van der Waals surface area contributed by atoms with Crippen molar-refractivity contribution in [3.8, 4) is 0 Å². The van der Waals surface area contributed by atoms with Gasteiger partial charge in [0, 0.05) is 6.04 Å². The fourth-order valence-electron chi connectivity index (χ4n) is 0.647. The molecule has 0 fully saturated rings. The highest BCUT2D eigenvalue weighted by Gasteiger charge is 2.15. The predicted octanol–water partition coefficient (Wildman–Crippen LogP) is 1.66. The van der Waals surface area contributed by atoms with Gasteiger partial charge in [-0.05, 0) is 6.92 Å². The molecule has 0 saturated carbocycles. The Kier molecular flexibility index (Phi) is 4.99. The Morgan fingerprint density at radius 3 is 2.64 bits per heavy atom. The van der Waals surface area contributed by atoms with Crippen LogP contribution in [0.25, 0.3) is 0 Å². The molecule has 0 spiro atoms. The van der Waals surface area contributed by atoms with Crippen LogP contribution in [0.15, 0.2) is 24.5 Å². The Morgan fingerprint density at radius 1 is 1.73 bits per heavy atom. The lowest BCUT2D eigenvalue weighted by atomic mass is 10.2. The van der Waals surface area contributed by atoms with Crippen molar-refractivity contribution in [3.05, 3.63) is 24.5 Å². The van der Waals surface area contributed by atoms with Crippen LogP contribution in [-0.4, -0.2) is 18.5 Å². The molecule has 0 aliphatic rings. The maximum atomic E-state index is 5.86. The molecule has 2 atom stereocenters. The SMILES string of the molecule is C=C(OC)C(Cl)C(N)/C=C/C. The maximum Gasteiger partial charge on any atom is 0.109 e. The zero-order chi connectivity index (χ0) is 8.85. The van der Waals surface area contributed by atoms with Crippen LogP contribution >= 0.6 is 11.6 Å². The summed E-state index contributed by atoms with van der Waals surface area (Å²) in [6, 6.07) is -0.228. The Morgan fingerprint density at radius 2 is 2.27 bits per heavy atom. The molecule has 3 heteroatoms. The molecule has 0 aromatic rings. The molecule has 2 unspecified atom stereocenters. The zero-order valence-electron chi connectivity index (χ0n) is 6.88. The molecular formula is C8H14ClNO. The van der Waals surface area contributed by atoms with Crippen LogP contribution < -0.4 is 5.73 Å². The molecule has 0 bridgehead atoms. The zero-order valence-corrected chi connectivity index (χ0v) is 7.64. The number of halogens is 1.